The second-order valence-electron chi connectivity index (χ2n) is 2.64. The largest absolute Gasteiger partial charge is 0.358 e. The summed E-state index contributed by atoms with van der Waals surface area (Å²) in [6.45, 7) is 0. The van der Waals surface area contributed by atoms with Gasteiger partial charge in [0.2, 0.25) is 5.91 Å². The molecule has 0 bridgehead atoms. The van der Waals surface area contributed by atoms with Crippen molar-refractivity contribution >= 4 is 40.7 Å². The Kier molecular flexibility index (Phi) is 4.05. The van der Waals surface area contributed by atoms with E-state index in [9.17, 15) is 4.79 Å². The summed E-state index contributed by atoms with van der Waals surface area (Å²) in [7, 11) is 1.51. The second-order valence-corrected chi connectivity index (χ2v) is 3.92. The number of hydrogen-bond acceptors (Lipinski definition) is 1. The Morgan fingerprint density at radius 2 is 2.07 bits per heavy atom. The molecule has 14 heavy (non-hydrogen) atoms. The summed E-state index contributed by atoms with van der Waals surface area (Å²) in [6.07, 6.45) is 0. The lowest BCUT2D eigenvalue weighted by Gasteiger charge is -2.10. The number of nitrogens with one attached hydrogen (secondary N) is 1. The van der Waals surface area contributed by atoms with Crippen molar-refractivity contribution in [2.45, 2.75) is 5.38 Å². The fourth-order valence-electron chi connectivity index (χ4n) is 0.977. The number of amides is 1. The van der Waals surface area contributed by atoms with E-state index in [-0.39, 0.29) is 5.91 Å². The molecular formula is C9H8Cl3NO. The van der Waals surface area contributed by atoms with Gasteiger partial charge in [0.25, 0.3) is 0 Å². The van der Waals surface area contributed by atoms with Gasteiger partial charge in [0.1, 0.15) is 5.38 Å². The van der Waals surface area contributed by atoms with Crippen molar-refractivity contribution in [3.05, 3.63) is 33.8 Å². The summed E-state index contributed by atoms with van der Waals surface area (Å²) in [5, 5.41) is 2.55. The van der Waals surface area contributed by atoms with Gasteiger partial charge in [-0.15, -0.1) is 11.6 Å². The van der Waals surface area contributed by atoms with Gasteiger partial charge in [0.05, 0.1) is 0 Å². The molecule has 0 radical (unpaired) electrons. The van der Waals surface area contributed by atoms with E-state index in [1.807, 2.05) is 0 Å². The zero-order valence-electron chi connectivity index (χ0n) is 7.35. The van der Waals surface area contributed by atoms with Gasteiger partial charge in [-0.25, -0.2) is 0 Å². The van der Waals surface area contributed by atoms with Gasteiger partial charge >= 0.3 is 0 Å². The molecular weight excluding hydrogens is 244 g/mol. The maximum atomic E-state index is 11.2. The standard InChI is InChI=1S/C9H8Cl3NO/c1-13-9(14)8(12)6-4-5(10)2-3-7(6)11/h2-4,8H,1H3,(H,13,14). The highest BCUT2D eigenvalue weighted by Gasteiger charge is 2.19. The third-order valence-electron chi connectivity index (χ3n) is 1.71. The van der Waals surface area contributed by atoms with E-state index in [1.54, 1.807) is 18.2 Å². The topological polar surface area (TPSA) is 29.1 Å². The van der Waals surface area contributed by atoms with E-state index in [4.69, 9.17) is 34.8 Å². The minimum Gasteiger partial charge on any atom is -0.358 e. The first-order chi connectivity index (χ1) is 6.56. The quantitative estimate of drug-likeness (QED) is 0.806. The molecule has 1 rings (SSSR count). The van der Waals surface area contributed by atoms with Crippen LogP contribution < -0.4 is 5.32 Å². The van der Waals surface area contributed by atoms with Crippen LogP contribution in [0.25, 0.3) is 0 Å². The Hall–Kier alpha value is -0.440. The fourth-order valence-corrected chi connectivity index (χ4v) is 1.73. The van der Waals surface area contributed by atoms with Crippen LogP contribution in [0.3, 0.4) is 0 Å². The Morgan fingerprint density at radius 1 is 1.43 bits per heavy atom. The molecule has 0 aliphatic heterocycles. The monoisotopic (exact) mass is 251 g/mol. The lowest BCUT2D eigenvalue weighted by molar-refractivity contribution is -0.120. The molecule has 0 aliphatic rings. The first kappa shape index (κ1) is 11.6. The maximum Gasteiger partial charge on any atom is 0.242 e. The molecule has 76 valence electrons. The number of carbonyl (C=O) groups excluding carboxylic acids is 1. The summed E-state index contributed by atoms with van der Waals surface area (Å²) in [4.78, 5) is 11.2. The molecule has 0 saturated heterocycles. The molecule has 5 heteroatoms. The minimum absolute atomic E-state index is 0.309. The summed E-state index contributed by atoms with van der Waals surface area (Å²) in [6, 6.07) is 4.83. The van der Waals surface area contributed by atoms with Gasteiger partial charge in [-0.1, -0.05) is 23.2 Å². The Bertz CT molecular complexity index is 354. The molecule has 1 aromatic carbocycles. The molecule has 0 aliphatic carbocycles. The van der Waals surface area contributed by atoms with Crippen LogP contribution >= 0.6 is 34.8 Å². The van der Waals surface area contributed by atoms with E-state index in [0.29, 0.717) is 15.6 Å². The smallest absolute Gasteiger partial charge is 0.242 e. The molecule has 0 aromatic heterocycles. The van der Waals surface area contributed by atoms with Gasteiger partial charge in [-0.2, -0.15) is 0 Å². The van der Waals surface area contributed by atoms with Crippen LogP contribution in [-0.4, -0.2) is 13.0 Å². The predicted molar refractivity (Wildman–Crippen MR) is 59.1 cm³/mol. The maximum absolute atomic E-state index is 11.2. The van der Waals surface area contributed by atoms with E-state index in [0.717, 1.165) is 0 Å². The fraction of sp³-hybridized carbons (Fsp3) is 0.222. The van der Waals surface area contributed by atoms with Gasteiger partial charge in [0.15, 0.2) is 0 Å². The van der Waals surface area contributed by atoms with Crippen LogP contribution in [0.15, 0.2) is 18.2 Å². The van der Waals surface area contributed by atoms with Gasteiger partial charge < -0.3 is 5.32 Å². The van der Waals surface area contributed by atoms with Crippen molar-refractivity contribution in [1.82, 2.24) is 5.32 Å². The van der Waals surface area contributed by atoms with E-state index in [1.165, 1.54) is 7.05 Å². The summed E-state index contributed by atoms with van der Waals surface area (Å²) in [5.74, 6) is -0.309. The van der Waals surface area contributed by atoms with Crippen molar-refractivity contribution in [1.29, 1.82) is 0 Å². The number of alkyl halides is 1. The molecule has 1 amide bonds. The lowest BCUT2D eigenvalue weighted by Crippen LogP contribution is -2.22. The average Bonchev–Trinajstić information content (AvgIpc) is 2.19. The summed E-state index contributed by atoms with van der Waals surface area (Å²) in [5.41, 5.74) is 0.514. The highest BCUT2D eigenvalue weighted by atomic mass is 35.5. The van der Waals surface area contributed by atoms with E-state index >= 15 is 0 Å². The van der Waals surface area contributed by atoms with Crippen molar-refractivity contribution in [3.63, 3.8) is 0 Å². The van der Waals surface area contributed by atoms with Crippen LogP contribution in [0.4, 0.5) is 0 Å². The molecule has 1 N–H and O–H groups in total. The summed E-state index contributed by atoms with van der Waals surface area (Å²) >= 11 is 17.5. The highest BCUT2D eigenvalue weighted by molar-refractivity contribution is 6.37. The number of likely N-dealkylation sites (N-methyl/N-ethyl adjacent to an activating group) is 1. The molecule has 0 spiro atoms. The van der Waals surface area contributed by atoms with Crippen molar-refractivity contribution in [3.8, 4) is 0 Å². The third-order valence-corrected chi connectivity index (χ3v) is 2.72. The molecule has 0 heterocycles. The van der Waals surface area contributed by atoms with E-state index in [2.05, 4.69) is 5.32 Å². The number of benzene rings is 1. The van der Waals surface area contributed by atoms with Crippen molar-refractivity contribution in [2.75, 3.05) is 7.05 Å². The number of halogens is 3. The Balaban J connectivity index is 3.05. The van der Waals surface area contributed by atoms with Gasteiger partial charge in [-0.05, 0) is 23.8 Å². The minimum atomic E-state index is -0.814. The highest BCUT2D eigenvalue weighted by Crippen LogP contribution is 2.30. The van der Waals surface area contributed by atoms with Gasteiger partial charge in [-0.3, -0.25) is 4.79 Å². The molecule has 0 saturated carbocycles. The zero-order chi connectivity index (χ0) is 10.7. The first-order valence-corrected chi connectivity index (χ1v) is 5.06. The molecule has 1 unspecified atom stereocenters. The Morgan fingerprint density at radius 3 is 2.64 bits per heavy atom. The van der Waals surface area contributed by atoms with Crippen molar-refractivity contribution in [2.24, 2.45) is 0 Å². The van der Waals surface area contributed by atoms with Crippen LogP contribution in [0.1, 0.15) is 10.9 Å². The van der Waals surface area contributed by atoms with E-state index < -0.39 is 5.38 Å². The zero-order valence-corrected chi connectivity index (χ0v) is 9.62. The summed E-state index contributed by atoms with van der Waals surface area (Å²) < 4.78 is 0. The van der Waals surface area contributed by atoms with Crippen LogP contribution in [0.5, 0.6) is 0 Å². The number of hydrogen-bond donors (Lipinski definition) is 1. The second kappa shape index (κ2) is 4.87. The SMILES string of the molecule is CNC(=O)C(Cl)c1cc(Cl)ccc1Cl. The molecule has 1 atom stereocenters. The average molecular weight is 253 g/mol. The normalized spacial score (nSPS) is 12.3. The third kappa shape index (κ3) is 2.53. The number of carbonyl (C=O) groups is 1. The first-order valence-electron chi connectivity index (χ1n) is 3.87. The van der Waals surface area contributed by atoms with Crippen molar-refractivity contribution < 1.29 is 4.79 Å². The molecule has 0 fully saturated rings. The number of rotatable bonds is 2. The van der Waals surface area contributed by atoms with Crippen LogP contribution in [0, 0.1) is 0 Å². The molecule has 2 nitrogen and oxygen atoms in total. The molecule has 1 aromatic rings. The van der Waals surface area contributed by atoms with Crippen LogP contribution in [-0.2, 0) is 4.79 Å². The lowest BCUT2D eigenvalue weighted by atomic mass is 10.1. The van der Waals surface area contributed by atoms with Crippen LogP contribution in [0.2, 0.25) is 10.0 Å². The Labute approximate surface area is 97.1 Å². The van der Waals surface area contributed by atoms with Gasteiger partial charge in [0, 0.05) is 17.1 Å². The predicted octanol–water partition coefficient (Wildman–Crippen LogP) is 3.02.